The Morgan fingerprint density at radius 1 is 1.00 bits per heavy atom. The number of carbonyl (C=O) groups excluding carboxylic acids is 2. The van der Waals surface area contributed by atoms with Crippen LogP contribution in [-0.4, -0.2) is 36.5 Å². The molecule has 2 aromatic carbocycles. The van der Waals surface area contributed by atoms with Crippen LogP contribution in [0.1, 0.15) is 23.1 Å². The Kier molecular flexibility index (Phi) is 4.71. The molecule has 0 spiro atoms. The van der Waals surface area contributed by atoms with Crippen LogP contribution in [0.5, 0.6) is 0 Å². The summed E-state index contributed by atoms with van der Waals surface area (Å²) in [7, 11) is 0. The number of anilines is 2. The first-order valence-corrected chi connectivity index (χ1v) is 9.41. The highest BCUT2D eigenvalue weighted by Gasteiger charge is 2.25. The van der Waals surface area contributed by atoms with Crippen LogP contribution in [0.25, 0.3) is 0 Å². The molecule has 0 unspecified atom stereocenters. The first-order valence-electron chi connectivity index (χ1n) is 9.41. The molecule has 2 aliphatic heterocycles. The predicted octanol–water partition coefficient (Wildman–Crippen LogP) is 2.32. The van der Waals surface area contributed by atoms with E-state index in [0.717, 1.165) is 36.2 Å². The van der Waals surface area contributed by atoms with Gasteiger partial charge in [-0.15, -0.1) is 0 Å². The molecule has 2 aromatic rings. The van der Waals surface area contributed by atoms with Crippen molar-refractivity contribution < 1.29 is 9.59 Å². The summed E-state index contributed by atoms with van der Waals surface area (Å²) >= 11 is 0. The Bertz CT molecular complexity index is 880. The molecular formula is C21H24N4O2. The van der Waals surface area contributed by atoms with Crippen LogP contribution in [-0.2, 0) is 24.2 Å². The lowest BCUT2D eigenvalue weighted by molar-refractivity contribution is -0.117. The molecule has 0 radical (unpaired) electrons. The summed E-state index contributed by atoms with van der Waals surface area (Å²) in [5, 5.41) is 2.79. The van der Waals surface area contributed by atoms with Crippen LogP contribution in [0.2, 0.25) is 0 Å². The van der Waals surface area contributed by atoms with Gasteiger partial charge in [0.15, 0.2) is 0 Å². The van der Waals surface area contributed by atoms with Crippen LogP contribution in [0.4, 0.5) is 16.2 Å². The van der Waals surface area contributed by atoms with E-state index in [4.69, 9.17) is 5.73 Å². The minimum Gasteiger partial charge on any atom is -0.398 e. The average Bonchev–Trinajstić information content (AvgIpc) is 2.71. The van der Waals surface area contributed by atoms with Crippen molar-refractivity contribution in [3.63, 3.8) is 0 Å². The fourth-order valence-electron chi connectivity index (χ4n) is 3.94. The van der Waals surface area contributed by atoms with Crippen molar-refractivity contribution in [2.45, 2.75) is 25.8 Å². The van der Waals surface area contributed by atoms with Gasteiger partial charge in [0.1, 0.15) is 0 Å². The van der Waals surface area contributed by atoms with Crippen molar-refractivity contribution in [2.75, 3.05) is 30.3 Å². The van der Waals surface area contributed by atoms with Gasteiger partial charge in [0.05, 0.1) is 6.54 Å². The molecule has 0 fully saturated rings. The topological polar surface area (TPSA) is 78.7 Å². The molecule has 0 aliphatic carbocycles. The molecule has 0 atom stereocenters. The Hall–Kier alpha value is -3.02. The highest BCUT2D eigenvalue weighted by atomic mass is 16.2. The largest absolute Gasteiger partial charge is 0.398 e. The third kappa shape index (κ3) is 3.47. The molecule has 2 aliphatic rings. The summed E-state index contributed by atoms with van der Waals surface area (Å²) in [6.45, 7) is 1.90. The normalized spacial score (nSPS) is 15.7. The molecule has 6 nitrogen and oxygen atoms in total. The van der Waals surface area contributed by atoms with E-state index in [-0.39, 0.29) is 18.5 Å². The summed E-state index contributed by atoms with van der Waals surface area (Å²) in [6.07, 6.45) is 2.60. The minimum absolute atomic E-state index is 0.00871. The molecule has 0 saturated carbocycles. The van der Waals surface area contributed by atoms with Crippen LogP contribution in [0, 0.1) is 0 Å². The van der Waals surface area contributed by atoms with Gasteiger partial charge in [-0.1, -0.05) is 30.3 Å². The van der Waals surface area contributed by atoms with Gasteiger partial charge in [0.25, 0.3) is 0 Å². The van der Waals surface area contributed by atoms with Crippen molar-refractivity contribution in [1.82, 2.24) is 10.2 Å². The fourth-order valence-corrected chi connectivity index (χ4v) is 3.94. The second kappa shape index (κ2) is 7.31. The first kappa shape index (κ1) is 17.4. The van der Waals surface area contributed by atoms with Gasteiger partial charge in [0.2, 0.25) is 5.91 Å². The molecule has 6 heteroatoms. The van der Waals surface area contributed by atoms with Crippen molar-refractivity contribution in [3.05, 3.63) is 59.2 Å². The predicted molar refractivity (Wildman–Crippen MR) is 105 cm³/mol. The van der Waals surface area contributed by atoms with Crippen LogP contribution in [0.15, 0.2) is 42.5 Å². The number of rotatable bonds is 2. The summed E-state index contributed by atoms with van der Waals surface area (Å²) in [5.74, 6) is -0.104. The number of nitrogens with one attached hydrogen (secondary N) is 1. The second-order valence-electron chi connectivity index (χ2n) is 7.09. The van der Waals surface area contributed by atoms with E-state index in [1.54, 1.807) is 9.80 Å². The van der Waals surface area contributed by atoms with Gasteiger partial charge in [-0.2, -0.15) is 0 Å². The molecule has 27 heavy (non-hydrogen) atoms. The smallest absolute Gasteiger partial charge is 0.318 e. The Balaban J connectivity index is 1.38. The Morgan fingerprint density at radius 3 is 2.67 bits per heavy atom. The number of hydrogen-bond acceptors (Lipinski definition) is 3. The average molecular weight is 364 g/mol. The Labute approximate surface area is 158 Å². The number of hydrogen-bond donors (Lipinski definition) is 2. The van der Waals surface area contributed by atoms with Crippen molar-refractivity contribution >= 4 is 23.3 Å². The maximum atomic E-state index is 12.7. The lowest BCUT2D eigenvalue weighted by Gasteiger charge is -2.31. The van der Waals surface area contributed by atoms with Gasteiger partial charge >= 0.3 is 6.03 Å². The van der Waals surface area contributed by atoms with Crippen LogP contribution < -0.4 is 16.0 Å². The van der Waals surface area contributed by atoms with Crippen LogP contribution in [0.3, 0.4) is 0 Å². The third-order valence-corrected chi connectivity index (χ3v) is 5.40. The van der Waals surface area contributed by atoms with Gasteiger partial charge in [-0.05, 0) is 48.1 Å². The van der Waals surface area contributed by atoms with Gasteiger partial charge in [0, 0.05) is 31.0 Å². The molecule has 2 heterocycles. The number of fused-ring (bicyclic) bond motifs is 2. The molecule has 3 amide bonds. The molecule has 0 saturated heterocycles. The number of nitrogen functional groups attached to an aromatic ring is 1. The number of benzene rings is 2. The third-order valence-electron chi connectivity index (χ3n) is 5.40. The number of carbonyl (C=O) groups is 2. The second-order valence-corrected chi connectivity index (χ2v) is 7.09. The zero-order valence-corrected chi connectivity index (χ0v) is 15.3. The highest BCUT2D eigenvalue weighted by molar-refractivity contribution is 5.98. The van der Waals surface area contributed by atoms with Crippen molar-refractivity contribution in [3.8, 4) is 0 Å². The fraction of sp³-hybridized carbons (Fsp3) is 0.333. The Morgan fingerprint density at radius 2 is 1.81 bits per heavy atom. The van der Waals surface area contributed by atoms with Crippen molar-refractivity contribution in [2.24, 2.45) is 0 Å². The van der Waals surface area contributed by atoms with Crippen LogP contribution >= 0.6 is 0 Å². The molecule has 0 aromatic heterocycles. The quantitative estimate of drug-likeness (QED) is 0.803. The van der Waals surface area contributed by atoms with E-state index in [2.05, 4.69) is 17.4 Å². The van der Waals surface area contributed by atoms with E-state index in [9.17, 15) is 9.59 Å². The SMILES string of the molecule is Nc1cccc2c1CCCN2C(=O)CNC(=O)N1CCc2ccccc2C1. The van der Waals surface area contributed by atoms with Gasteiger partial charge in [-0.3, -0.25) is 4.79 Å². The van der Waals surface area contributed by atoms with E-state index in [1.165, 1.54) is 11.1 Å². The number of nitrogens with two attached hydrogens (primary N) is 1. The summed E-state index contributed by atoms with van der Waals surface area (Å²) in [5.41, 5.74) is 11.1. The summed E-state index contributed by atoms with van der Waals surface area (Å²) in [6, 6.07) is 13.6. The first-order chi connectivity index (χ1) is 13.1. The van der Waals surface area contributed by atoms with E-state index >= 15 is 0 Å². The molecule has 0 bridgehead atoms. The lowest BCUT2D eigenvalue weighted by Crippen LogP contribution is -2.47. The molecule has 3 N–H and O–H groups in total. The minimum atomic E-state index is -0.192. The number of nitrogens with zero attached hydrogens (tertiary/aromatic N) is 2. The lowest BCUT2D eigenvalue weighted by atomic mass is 10.00. The van der Waals surface area contributed by atoms with Gasteiger partial charge in [-0.25, -0.2) is 4.79 Å². The maximum Gasteiger partial charge on any atom is 0.318 e. The zero-order valence-electron chi connectivity index (χ0n) is 15.3. The van der Waals surface area contributed by atoms with Crippen molar-refractivity contribution in [1.29, 1.82) is 0 Å². The molecule has 4 rings (SSSR count). The summed E-state index contributed by atoms with van der Waals surface area (Å²) in [4.78, 5) is 28.7. The van der Waals surface area contributed by atoms with E-state index in [0.29, 0.717) is 19.6 Å². The van der Waals surface area contributed by atoms with Gasteiger partial charge < -0.3 is 20.9 Å². The maximum absolute atomic E-state index is 12.7. The number of urea groups is 1. The monoisotopic (exact) mass is 364 g/mol. The van der Waals surface area contributed by atoms with E-state index in [1.807, 2.05) is 30.3 Å². The molecule has 140 valence electrons. The molecular weight excluding hydrogens is 340 g/mol. The highest BCUT2D eigenvalue weighted by Crippen LogP contribution is 2.31. The summed E-state index contributed by atoms with van der Waals surface area (Å²) < 4.78 is 0. The standard InChI is InChI=1S/C21H24N4O2/c22-18-8-3-9-19-17(18)7-4-11-25(19)20(26)13-23-21(27)24-12-10-15-5-1-2-6-16(15)14-24/h1-3,5-6,8-9H,4,7,10-14,22H2,(H,23,27). The number of amides is 3. The van der Waals surface area contributed by atoms with E-state index < -0.39 is 0 Å². The zero-order chi connectivity index (χ0) is 18.8.